The van der Waals surface area contributed by atoms with Crippen LogP contribution in [0.5, 0.6) is 0 Å². The van der Waals surface area contributed by atoms with Crippen LogP contribution in [0.4, 0.5) is 0 Å². The van der Waals surface area contributed by atoms with Gasteiger partial charge in [-0.15, -0.1) is 0 Å². The van der Waals surface area contributed by atoms with E-state index in [0.29, 0.717) is 5.02 Å². The standard InChI is InChI=1S/C10H13ClN2/c1-12-7-3-2-4-10-6-5-9(11)8-13-10/h2,4-6,8,12H,3,7H2,1H3. The molecule has 1 heterocycles. The van der Waals surface area contributed by atoms with Crippen molar-refractivity contribution in [3.8, 4) is 0 Å². The smallest absolute Gasteiger partial charge is 0.0627 e. The third kappa shape index (κ3) is 4.06. The van der Waals surface area contributed by atoms with E-state index in [1.54, 1.807) is 6.20 Å². The molecule has 0 fully saturated rings. The Morgan fingerprint density at radius 2 is 2.38 bits per heavy atom. The van der Waals surface area contributed by atoms with Gasteiger partial charge in [0.2, 0.25) is 0 Å². The van der Waals surface area contributed by atoms with Gasteiger partial charge in [-0.2, -0.15) is 0 Å². The number of halogens is 1. The van der Waals surface area contributed by atoms with Crippen LogP contribution in [-0.4, -0.2) is 18.6 Å². The van der Waals surface area contributed by atoms with E-state index in [1.165, 1.54) is 0 Å². The molecule has 0 aliphatic carbocycles. The lowest BCUT2D eigenvalue weighted by Gasteiger charge is -1.93. The summed E-state index contributed by atoms with van der Waals surface area (Å²) in [6.07, 6.45) is 6.75. The summed E-state index contributed by atoms with van der Waals surface area (Å²) >= 11 is 5.70. The number of pyridine rings is 1. The summed E-state index contributed by atoms with van der Waals surface area (Å²) in [7, 11) is 1.94. The van der Waals surface area contributed by atoms with Crippen molar-refractivity contribution < 1.29 is 0 Å². The van der Waals surface area contributed by atoms with Crippen molar-refractivity contribution in [2.45, 2.75) is 6.42 Å². The molecule has 0 aromatic carbocycles. The fraction of sp³-hybridized carbons (Fsp3) is 0.300. The Hall–Kier alpha value is -0.860. The highest BCUT2D eigenvalue weighted by Gasteiger charge is 1.88. The number of rotatable bonds is 4. The van der Waals surface area contributed by atoms with Crippen molar-refractivity contribution in [1.29, 1.82) is 0 Å². The Bertz CT molecular complexity index is 267. The van der Waals surface area contributed by atoms with E-state index in [0.717, 1.165) is 18.7 Å². The molecule has 2 nitrogen and oxygen atoms in total. The lowest BCUT2D eigenvalue weighted by Crippen LogP contribution is -2.05. The molecule has 1 rings (SSSR count). The molecule has 0 unspecified atom stereocenters. The third-order valence-electron chi connectivity index (χ3n) is 1.60. The number of aromatic nitrogens is 1. The van der Waals surface area contributed by atoms with Gasteiger partial charge in [-0.3, -0.25) is 4.98 Å². The summed E-state index contributed by atoms with van der Waals surface area (Å²) in [6.45, 7) is 0.990. The van der Waals surface area contributed by atoms with Gasteiger partial charge in [-0.1, -0.05) is 17.7 Å². The molecule has 0 amide bonds. The summed E-state index contributed by atoms with van der Waals surface area (Å²) in [4.78, 5) is 4.14. The van der Waals surface area contributed by atoms with Crippen molar-refractivity contribution in [1.82, 2.24) is 10.3 Å². The second kappa shape index (κ2) is 5.73. The first-order chi connectivity index (χ1) is 6.33. The lowest BCUT2D eigenvalue weighted by atomic mass is 10.3. The molecule has 0 saturated carbocycles. The quantitative estimate of drug-likeness (QED) is 0.748. The van der Waals surface area contributed by atoms with E-state index in [1.807, 2.05) is 25.3 Å². The fourth-order valence-electron chi connectivity index (χ4n) is 0.918. The van der Waals surface area contributed by atoms with Gasteiger partial charge in [0.25, 0.3) is 0 Å². The Morgan fingerprint density at radius 1 is 1.54 bits per heavy atom. The predicted octanol–water partition coefficient (Wildman–Crippen LogP) is 2.36. The number of hydrogen-bond donors (Lipinski definition) is 1. The topological polar surface area (TPSA) is 24.9 Å². The number of nitrogens with one attached hydrogen (secondary N) is 1. The second-order valence-corrected chi connectivity index (χ2v) is 3.13. The van der Waals surface area contributed by atoms with Gasteiger partial charge in [0, 0.05) is 6.20 Å². The highest BCUT2D eigenvalue weighted by atomic mass is 35.5. The Labute approximate surface area is 83.6 Å². The maximum atomic E-state index is 5.70. The molecule has 0 saturated heterocycles. The fourth-order valence-corrected chi connectivity index (χ4v) is 1.03. The molecule has 0 bridgehead atoms. The molecule has 13 heavy (non-hydrogen) atoms. The first kappa shape index (κ1) is 10.2. The lowest BCUT2D eigenvalue weighted by molar-refractivity contribution is 0.809. The number of nitrogens with zero attached hydrogens (tertiary/aromatic N) is 1. The van der Waals surface area contributed by atoms with Gasteiger partial charge in [0.05, 0.1) is 10.7 Å². The molecule has 1 aromatic rings. The van der Waals surface area contributed by atoms with E-state index in [9.17, 15) is 0 Å². The Balaban J connectivity index is 2.44. The Morgan fingerprint density at radius 3 is 3.00 bits per heavy atom. The van der Waals surface area contributed by atoms with Crippen LogP contribution in [0.2, 0.25) is 5.02 Å². The number of hydrogen-bond acceptors (Lipinski definition) is 2. The molecule has 1 aromatic heterocycles. The van der Waals surface area contributed by atoms with E-state index < -0.39 is 0 Å². The normalized spacial score (nSPS) is 10.9. The second-order valence-electron chi connectivity index (χ2n) is 2.70. The van der Waals surface area contributed by atoms with Crippen LogP contribution >= 0.6 is 11.6 Å². The first-order valence-electron chi connectivity index (χ1n) is 4.25. The molecular formula is C10H13ClN2. The monoisotopic (exact) mass is 196 g/mol. The minimum absolute atomic E-state index is 0.673. The zero-order valence-corrected chi connectivity index (χ0v) is 8.38. The van der Waals surface area contributed by atoms with Gasteiger partial charge in [0.15, 0.2) is 0 Å². The minimum Gasteiger partial charge on any atom is -0.319 e. The summed E-state index contributed by atoms with van der Waals surface area (Å²) in [5, 5.41) is 3.74. The molecule has 0 aliphatic rings. The average Bonchev–Trinajstić information content (AvgIpc) is 2.15. The van der Waals surface area contributed by atoms with E-state index in [2.05, 4.69) is 16.4 Å². The van der Waals surface area contributed by atoms with E-state index in [-0.39, 0.29) is 0 Å². The van der Waals surface area contributed by atoms with Crippen LogP contribution in [0.1, 0.15) is 12.1 Å². The molecule has 1 N–H and O–H groups in total. The van der Waals surface area contributed by atoms with Crippen molar-refractivity contribution in [2.75, 3.05) is 13.6 Å². The molecule has 0 atom stereocenters. The van der Waals surface area contributed by atoms with Crippen LogP contribution in [0.3, 0.4) is 0 Å². The van der Waals surface area contributed by atoms with Gasteiger partial charge in [-0.25, -0.2) is 0 Å². The molecule has 0 aliphatic heterocycles. The van der Waals surface area contributed by atoms with Crippen LogP contribution in [-0.2, 0) is 0 Å². The summed E-state index contributed by atoms with van der Waals surface area (Å²) in [5.41, 5.74) is 0.945. The summed E-state index contributed by atoms with van der Waals surface area (Å²) < 4.78 is 0. The minimum atomic E-state index is 0.673. The Kier molecular flexibility index (Phi) is 4.50. The maximum Gasteiger partial charge on any atom is 0.0627 e. The maximum absolute atomic E-state index is 5.70. The zero-order valence-electron chi connectivity index (χ0n) is 7.63. The van der Waals surface area contributed by atoms with Crippen LogP contribution < -0.4 is 5.32 Å². The van der Waals surface area contributed by atoms with Crippen LogP contribution in [0.25, 0.3) is 6.08 Å². The van der Waals surface area contributed by atoms with Crippen molar-refractivity contribution >= 4 is 17.7 Å². The molecule has 70 valence electrons. The SMILES string of the molecule is CNCCC=Cc1ccc(Cl)cn1. The summed E-state index contributed by atoms with van der Waals surface area (Å²) in [6, 6.07) is 3.74. The van der Waals surface area contributed by atoms with E-state index in [4.69, 9.17) is 11.6 Å². The van der Waals surface area contributed by atoms with Crippen LogP contribution in [0.15, 0.2) is 24.4 Å². The predicted molar refractivity (Wildman–Crippen MR) is 56.8 cm³/mol. The first-order valence-corrected chi connectivity index (χ1v) is 4.63. The van der Waals surface area contributed by atoms with Crippen molar-refractivity contribution in [3.63, 3.8) is 0 Å². The largest absolute Gasteiger partial charge is 0.319 e. The zero-order chi connectivity index (χ0) is 9.52. The van der Waals surface area contributed by atoms with Gasteiger partial charge < -0.3 is 5.32 Å². The molecule has 3 heteroatoms. The van der Waals surface area contributed by atoms with E-state index >= 15 is 0 Å². The van der Waals surface area contributed by atoms with Gasteiger partial charge in [-0.05, 0) is 38.2 Å². The van der Waals surface area contributed by atoms with Crippen molar-refractivity contribution in [3.05, 3.63) is 35.1 Å². The summed E-state index contributed by atoms with van der Waals surface area (Å²) in [5.74, 6) is 0. The highest BCUT2D eigenvalue weighted by molar-refractivity contribution is 6.30. The van der Waals surface area contributed by atoms with Gasteiger partial charge in [0.1, 0.15) is 0 Å². The van der Waals surface area contributed by atoms with Crippen molar-refractivity contribution in [2.24, 2.45) is 0 Å². The molecular weight excluding hydrogens is 184 g/mol. The average molecular weight is 197 g/mol. The van der Waals surface area contributed by atoms with Gasteiger partial charge >= 0.3 is 0 Å². The van der Waals surface area contributed by atoms with Crippen LogP contribution in [0, 0.1) is 0 Å². The molecule has 0 spiro atoms. The molecule has 0 radical (unpaired) electrons. The third-order valence-corrected chi connectivity index (χ3v) is 1.82. The highest BCUT2D eigenvalue weighted by Crippen LogP contribution is 2.07.